The first-order valence-electron chi connectivity index (χ1n) is 12.1. The van der Waals surface area contributed by atoms with Gasteiger partial charge in [0.25, 0.3) is 0 Å². The first-order chi connectivity index (χ1) is 15.8. The fourth-order valence-electron chi connectivity index (χ4n) is 5.86. The summed E-state index contributed by atoms with van der Waals surface area (Å²) in [7, 11) is -3.04. The third-order valence-electron chi connectivity index (χ3n) is 7.52. The lowest BCUT2D eigenvalue weighted by Crippen LogP contribution is -2.48. The second-order valence-electron chi connectivity index (χ2n) is 10.2. The summed E-state index contributed by atoms with van der Waals surface area (Å²) in [6.07, 6.45) is 2.07. The topological polar surface area (TPSA) is 49.8 Å². The van der Waals surface area contributed by atoms with E-state index in [1.54, 1.807) is 18.0 Å². The second-order valence-corrected chi connectivity index (χ2v) is 14.0. The van der Waals surface area contributed by atoms with Crippen LogP contribution in [0.25, 0.3) is 0 Å². The molecular formula is C27H36FNO3Si. The monoisotopic (exact) mass is 469 g/mol. The van der Waals surface area contributed by atoms with Crippen LogP contribution >= 0.6 is 0 Å². The first kappa shape index (κ1) is 24.1. The maximum atomic E-state index is 15.5. The van der Waals surface area contributed by atoms with Crippen molar-refractivity contribution in [3.05, 3.63) is 71.3 Å². The zero-order valence-corrected chi connectivity index (χ0v) is 20.9. The van der Waals surface area contributed by atoms with Crippen LogP contribution in [0.3, 0.4) is 0 Å². The summed E-state index contributed by atoms with van der Waals surface area (Å²) >= 11 is 0. The van der Waals surface area contributed by atoms with Gasteiger partial charge in [0.05, 0.1) is 31.3 Å². The maximum Gasteiger partial charge on any atom is 0.246 e. The van der Waals surface area contributed by atoms with Gasteiger partial charge < -0.3 is 18.9 Å². The minimum atomic E-state index is -3.04. The highest BCUT2D eigenvalue weighted by atomic mass is 28.4. The lowest BCUT2D eigenvalue weighted by atomic mass is 9.93. The fraction of sp³-hybridized carbons (Fsp3) is 0.519. The average Bonchev–Trinajstić information content (AvgIpc) is 3.12. The molecular weight excluding hydrogens is 433 g/mol. The summed E-state index contributed by atoms with van der Waals surface area (Å²) in [5, 5.41) is 9.96. The van der Waals surface area contributed by atoms with E-state index in [9.17, 15) is 9.90 Å². The molecule has 1 saturated heterocycles. The van der Waals surface area contributed by atoms with Crippen molar-refractivity contribution in [2.45, 2.75) is 76.0 Å². The fourth-order valence-corrected chi connectivity index (χ4v) is 8.41. The molecule has 1 amide bonds. The summed E-state index contributed by atoms with van der Waals surface area (Å²) in [6.45, 7) is 5.98. The second kappa shape index (κ2) is 10.1. The summed E-state index contributed by atoms with van der Waals surface area (Å²) in [5.74, 6) is 0.0293. The van der Waals surface area contributed by atoms with Gasteiger partial charge in [-0.05, 0) is 55.0 Å². The molecule has 0 spiro atoms. The molecule has 4 rings (SSSR count). The summed E-state index contributed by atoms with van der Waals surface area (Å²) in [4.78, 5) is 15.2. The number of aryl methyl sites for hydroxylation is 1. The van der Waals surface area contributed by atoms with Crippen LogP contribution in [-0.4, -0.2) is 49.2 Å². The number of hydrogen-bond acceptors (Lipinski definition) is 3. The molecule has 1 fully saturated rings. The van der Waals surface area contributed by atoms with Crippen LogP contribution in [0, 0.1) is 5.92 Å². The Kier molecular flexibility index (Phi) is 7.36. The molecule has 0 aliphatic carbocycles. The number of benzene rings is 2. The summed E-state index contributed by atoms with van der Waals surface area (Å²) < 4.78 is 21.9. The summed E-state index contributed by atoms with van der Waals surface area (Å²) in [5.41, 5.74) is 3.34. The molecule has 178 valence electrons. The highest BCUT2D eigenvalue weighted by Gasteiger charge is 2.52. The van der Waals surface area contributed by atoms with Crippen molar-refractivity contribution < 1.29 is 18.7 Å². The van der Waals surface area contributed by atoms with Gasteiger partial charge in [-0.15, -0.1) is 0 Å². The Morgan fingerprint density at radius 2 is 1.76 bits per heavy atom. The van der Waals surface area contributed by atoms with Gasteiger partial charge in [-0.25, -0.2) is 0 Å². The Balaban J connectivity index is 1.47. The molecule has 33 heavy (non-hydrogen) atoms. The highest BCUT2D eigenvalue weighted by molar-refractivity contribution is 6.72. The number of carbonyl (C=O) groups excluding carboxylic acids is 1. The van der Waals surface area contributed by atoms with E-state index in [-0.39, 0.29) is 42.5 Å². The quantitative estimate of drug-likeness (QED) is 0.463. The van der Waals surface area contributed by atoms with E-state index in [0.717, 1.165) is 18.4 Å². The molecule has 1 N–H and O–H groups in total. The van der Waals surface area contributed by atoms with E-state index in [2.05, 4.69) is 25.1 Å². The maximum absolute atomic E-state index is 15.5. The lowest BCUT2D eigenvalue weighted by molar-refractivity contribution is -0.138. The van der Waals surface area contributed by atoms with Crippen molar-refractivity contribution >= 4 is 14.3 Å². The Morgan fingerprint density at radius 3 is 2.42 bits per heavy atom. The van der Waals surface area contributed by atoms with Crippen LogP contribution in [0.15, 0.2) is 54.6 Å². The zero-order chi connectivity index (χ0) is 23.6. The van der Waals surface area contributed by atoms with E-state index in [1.165, 1.54) is 11.1 Å². The lowest BCUT2D eigenvalue weighted by Gasteiger charge is -2.37. The number of aliphatic hydroxyl groups is 1. The Morgan fingerprint density at radius 1 is 1.09 bits per heavy atom. The van der Waals surface area contributed by atoms with Crippen LogP contribution in [0.5, 0.6) is 0 Å². The van der Waals surface area contributed by atoms with Crippen molar-refractivity contribution in [1.82, 2.24) is 4.90 Å². The summed E-state index contributed by atoms with van der Waals surface area (Å²) in [6, 6.07) is 18.1. The van der Waals surface area contributed by atoms with Gasteiger partial charge >= 0.3 is 0 Å². The van der Waals surface area contributed by atoms with E-state index in [1.807, 2.05) is 36.4 Å². The molecule has 2 aliphatic heterocycles. The molecule has 2 aliphatic rings. The van der Waals surface area contributed by atoms with Crippen LogP contribution in [0.2, 0.25) is 18.6 Å². The van der Waals surface area contributed by atoms with Crippen molar-refractivity contribution in [3.8, 4) is 0 Å². The van der Waals surface area contributed by atoms with E-state index < -0.39 is 14.5 Å². The van der Waals surface area contributed by atoms with Crippen molar-refractivity contribution in [2.75, 3.05) is 6.61 Å². The smallest absolute Gasteiger partial charge is 0.246 e. The van der Waals surface area contributed by atoms with E-state index in [0.29, 0.717) is 13.0 Å². The molecule has 0 unspecified atom stereocenters. The van der Waals surface area contributed by atoms with E-state index >= 15 is 4.11 Å². The number of nitrogens with zero attached hydrogens (tertiary/aromatic N) is 1. The number of rotatable bonds is 7. The van der Waals surface area contributed by atoms with E-state index in [4.69, 9.17) is 4.74 Å². The van der Waals surface area contributed by atoms with Crippen LogP contribution in [-0.2, 0) is 28.9 Å². The normalized spacial score (nSPS) is 27.4. The molecule has 0 bridgehead atoms. The van der Waals surface area contributed by atoms with Gasteiger partial charge in [0.1, 0.15) is 0 Å². The average molecular weight is 470 g/mol. The van der Waals surface area contributed by atoms with Gasteiger partial charge in [0.2, 0.25) is 14.3 Å². The largest absolute Gasteiger partial charge is 0.394 e. The first-order valence-corrected chi connectivity index (χ1v) is 15.1. The molecule has 6 heteroatoms. The van der Waals surface area contributed by atoms with Gasteiger partial charge in [-0.1, -0.05) is 61.5 Å². The van der Waals surface area contributed by atoms with Crippen LogP contribution in [0.1, 0.15) is 36.5 Å². The van der Waals surface area contributed by atoms with Gasteiger partial charge in [-0.2, -0.15) is 0 Å². The number of hydrogen-bond donors (Lipinski definition) is 1. The van der Waals surface area contributed by atoms with Crippen molar-refractivity contribution in [1.29, 1.82) is 0 Å². The third kappa shape index (κ3) is 5.39. The minimum absolute atomic E-state index is 0.0484. The Labute approximate surface area is 198 Å². The molecule has 0 saturated carbocycles. The molecule has 2 aromatic rings. The predicted molar refractivity (Wildman–Crippen MR) is 131 cm³/mol. The van der Waals surface area contributed by atoms with Gasteiger partial charge in [0.15, 0.2) is 0 Å². The standard InChI is InChI=1S/C27H36FNO3Si/c1-19-24(14-13-20-9-5-4-6-10-20)32-25(27(19)33(2,3)28)16-26(31)29-17-22-12-8-7-11-21(22)15-23(29)18-30/h4-12,19,23-25,27,30H,13-18H2,1-3H3/t19-,23-,24+,25-,27+/m0/s1. The molecule has 0 aromatic heterocycles. The Hall–Kier alpha value is -2.02. The minimum Gasteiger partial charge on any atom is -0.394 e. The third-order valence-corrected chi connectivity index (χ3v) is 10.0. The SMILES string of the molecule is C[C@@H]1[C@@H]([Si](C)(C)F)[C@H](CC(=O)N2Cc3ccccc3C[C@H]2CO)O[C@@H]1CCc1ccccc1. The number of fused-ring (bicyclic) bond motifs is 1. The van der Waals surface area contributed by atoms with Gasteiger partial charge in [0, 0.05) is 12.1 Å². The molecule has 5 atom stereocenters. The Bertz CT molecular complexity index is 948. The molecule has 0 radical (unpaired) electrons. The highest BCUT2D eigenvalue weighted by Crippen LogP contribution is 2.47. The van der Waals surface area contributed by atoms with Crippen LogP contribution in [0.4, 0.5) is 4.11 Å². The molecule has 2 aromatic carbocycles. The van der Waals surface area contributed by atoms with Crippen molar-refractivity contribution in [3.63, 3.8) is 0 Å². The zero-order valence-electron chi connectivity index (χ0n) is 19.9. The number of ether oxygens (including phenoxy) is 1. The van der Waals surface area contributed by atoms with Crippen molar-refractivity contribution in [2.24, 2.45) is 5.92 Å². The number of aliphatic hydroxyl groups excluding tert-OH is 1. The molecule has 4 nitrogen and oxygen atoms in total. The number of carbonyl (C=O) groups is 1. The van der Waals surface area contributed by atoms with Gasteiger partial charge in [-0.3, -0.25) is 4.79 Å². The number of halogens is 1. The molecule has 2 heterocycles. The number of amides is 1. The van der Waals surface area contributed by atoms with Crippen LogP contribution < -0.4 is 0 Å². The predicted octanol–water partition coefficient (Wildman–Crippen LogP) is 4.90.